The number of hydrogen-bond donors (Lipinski definition) is 5. The Morgan fingerprint density at radius 2 is 1.26 bits per heavy atom. The molecule has 69 heavy (non-hydrogen) atoms. The van der Waals surface area contributed by atoms with Crippen LogP contribution >= 0.6 is 15.6 Å². The van der Waals surface area contributed by atoms with E-state index in [0.717, 1.165) is 107 Å². The summed E-state index contributed by atoms with van der Waals surface area (Å²) in [6.07, 6.45) is 28.5. The van der Waals surface area contributed by atoms with Gasteiger partial charge in [0.05, 0.1) is 25.4 Å². The highest BCUT2D eigenvalue weighted by Gasteiger charge is 2.46. The second-order valence-electron chi connectivity index (χ2n) is 18.1. The summed E-state index contributed by atoms with van der Waals surface area (Å²) >= 11 is 0. The number of epoxide rings is 1. The van der Waals surface area contributed by atoms with Crippen LogP contribution in [0.1, 0.15) is 187 Å². The van der Waals surface area contributed by atoms with Crippen molar-refractivity contribution in [2.75, 3.05) is 25.6 Å². The maximum atomic E-state index is 12.9. The fraction of sp³-hybridized carbons (Fsp3) is 0.792. The van der Waals surface area contributed by atoms with Gasteiger partial charge in [-0.25, -0.2) is 13.9 Å². The topological polar surface area (TPSA) is 278 Å². The predicted molar refractivity (Wildman–Crippen MR) is 261 cm³/mol. The monoisotopic (exact) mass is 1020 g/mol. The van der Waals surface area contributed by atoms with Crippen LogP contribution in [-0.2, 0) is 51.0 Å². The Morgan fingerprint density at radius 3 is 1.88 bits per heavy atom. The Balaban J connectivity index is 1.40. The summed E-state index contributed by atoms with van der Waals surface area (Å²) in [5.74, 6) is -1.32. The second kappa shape index (κ2) is 34.5. The number of rotatable bonds is 41. The number of anilines is 1. The van der Waals surface area contributed by atoms with E-state index in [0.29, 0.717) is 25.0 Å². The zero-order valence-electron chi connectivity index (χ0n) is 41.1. The molecule has 2 saturated heterocycles. The van der Waals surface area contributed by atoms with E-state index in [2.05, 4.69) is 47.4 Å². The molecule has 3 rings (SSSR count). The van der Waals surface area contributed by atoms with E-state index in [1.54, 1.807) is 0 Å². The summed E-state index contributed by atoms with van der Waals surface area (Å²) in [5.41, 5.74) is 4.59. The summed E-state index contributed by atoms with van der Waals surface area (Å²) in [5, 5.41) is 20.9. The lowest BCUT2D eigenvalue weighted by molar-refractivity contribution is -0.161. The molecule has 9 atom stereocenters. The van der Waals surface area contributed by atoms with Crippen molar-refractivity contribution in [3.63, 3.8) is 0 Å². The average molecular weight is 1020 g/mol. The van der Waals surface area contributed by atoms with Gasteiger partial charge in [0.25, 0.3) is 0 Å². The van der Waals surface area contributed by atoms with Crippen molar-refractivity contribution in [3.05, 3.63) is 47.1 Å². The number of nitrogens with zero attached hydrogens (tertiary/aromatic N) is 2. The molecule has 0 spiro atoms. The van der Waals surface area contributed by atoms with Crippen molar-refractivity contribution in [2.45, 2.75) is 224 Å². The van der Waals surface area contributed by atoms with E-state index in [1.165, 1.54) is 51.0 Å². The number of carbonyl (C=O) groups is 2. The van der Waals surface area contributed by atoms with Gasteiger partial charge in [-0.2, -0.15) is 9.29 Å². The fourth-order valence-corrected chi connectivity index (χ4v) is 9.95. The molecule has 0 bridgehead atoms. The maximum absolute atomic E-state index is 12.9. The Hall–Kier alpha value is -2.80. The number of nitrogens with two attached hydrogens (primary N) is 1. The lowest BCUT2D eigenvalue weighted by Gasteiger charge is -2.21. The van der Waals surface area contributed by atoms with E-state index >= 15 is 0 Å². The normalized spacial score (nSPS) is 22.5. The van der Waals surface area contributed by atoms with Gasteiger partial charge in [-0.1, -0.05) is 128 Å². The maximum Gasteiger partial charge on any atom is 0.481 e. The number of aromatic nitrogens is 2. The number of nitrogen functional groups attached to an aromatic ring is 1. The van der Waals surface area contributed by atoms with Gasteiger partial charge in [-0.3, -0.25) is 23.2 Å². The third-order valence-electron chi connectivity index (χ3n) is 11.9. The van der Waals surface area contributed by atoms with Crippen molar-refractivity contribution in [2.24, 2.45) is 0 Å². The molecule has 0 saturated carbocycles. The van der Waals surface area contributed by atoms with E-state index in [1.807, 2.05) is 0 Å². The number of carbonyl (C=O) groups excluding carboxylic acids is 2. The summed E-state index contributed by atoms with van der Waals surface area (Å²) < 4.78 is 62.5. The minimum Gasteiger partial charge on any atom is -0.462 e. The van der Waals surface area contributed by atoms with Crippen LogP contribution in [0.2, 0.25) is 0 Å². The highest BCUT2D eigenvalue weighted by atomic mass is 31.3. The first-order valence-corrected chi connectivity index (χ1v) is 28.5. The average Bonchev–Trinajstić information content (AvgIpc) is 3.99. The number of aliphatic hydroxyl groups excluding tert-OH is 2. The smallest absolute Gasteiger partial charge is 0.462 e. The molecule has 2 aliphatic rings. The first kappa shape index (κ1) is 60.5. The van der Waals surface area contributed by atoms with Crippen molar-refractivity contribution in [3.8, 4) is 0 Å². The molecule has 2 aliphatic heterocycles. The molecule has 1 aromatic rings. The van der Waals surface area contributed by atoms with Crippen LogP contribution in [0.4, 0.5) is 5.82 Å². The van der Waals surface area contributed by atoms with Crippen molar-refractivity contribution < 1.29 is 71.0 Å². The van der Waals surface area contributed by atoms with Gasteiger partial charge >= 0.3 is 33.3 Å². The molecule has 1 aromatic heterocycles. The first-order chi connectivity index (χ1) is 33.1. The standard InChI is InChI=1S/C48H83N3O16P2/c1-3-5-7-8-9-10-11-12-13-14-15-16-21-24-28-32-44(53)64-38(35-61-43(52)31-27-23-20-18-17-19-22-26-30-40-39(65-40)29-25-6-4-2)36-62-68(57,58)67-69(59,60)63-37-41-45(54)46(55)47(66-41)51-34-33-42(49)50-48(51)56/h10-11,22,26,33-34,38-41,45-47,54-55H,3-9,12-21,23-25,27-32,35-37H2,1-2H3,(H,57,58)(H,59,60)(H2,49,50,56)/b11-10-,26-22-/t38-,39?,40?,41-,45-,46-,47-/m1/s1. The molecular weight excluding hydrogens is 936 g/mol. The number of esters is 2. The Kier molecular flexibility index (Phi) is 30.3. The highest BCUT2D eigenvalue weighted by Crippen LogP contribution is 2.60. The number of ether oxygens (including phenoxy) is 4. The molecule has 4 unspecified atom stereocenters. The summed E-state index contributed by atoms with van der Waals surface area (Å²) in [7, 11) is -10.8. The molecule has 2 fully saturated rings. The van der Waals surface area contributed by atoms with Crippen molar-refractivity contribution in [1.82, 2.24) is 9.55 Å². The number of phosphoric ester groups is 2. The minimum absolute atomic E-state index is 0.0406. The third kappa shape index (κ3) is 27.0. The van der Waals surface area contributed by atoms with E-state index in [9.17, 15) is 43.5 Å². The Bertz CT molecular complexity index is 1820. The second-order valence-corrected chi connectivity index (χ2v) is 21.1. The van der Waals surface area contributed by atoms with Gasteiger partial charge in [0, 0.05) is 19.0 Å². The van der Waals surface area contributed by atoms with Crippen LogP contribution in [0, 0.1) is 0 Å². The molecule has 0 radical (unpaired) electrons. The Labute approximate surface area is 409 Å². The van der Waals surface area contributed by atoms with Gasteiger partial charge in [0.15, 0.2) is 12.3 Å². The summed E-state index contributed by atoms with van der Waals surface area (Å²) in [4.78, 5) is 61.9. The van der Waals surface area contributed by atoms with Gasteiger partial charge < -0.3 is 44.7 Å². The number of hydrogen-bond acceptors (Lipinski definition) is 16. The third-order valence-corrected chi connectivity index (χ3v) is 14.5. The molecule has 6 N–H and O–H groups in total. The number of phosphoric acid groups is 2. The van der Waals surface area contributed by atoms with Gasteiger partial charge in [0.1, 0.15) is 30.7 Å². The quantitative estimate of drug-likeness (QED) is 0.0134. The molecule has 0 aromatic carbocycles. The van der Waals surface area contributed by atoms with Gasteiger partial charge in [-0.15, -0.1) is 0 Å². The van der Waals surface area contributed by atoms with E-state index in [4.69, 9.17) is 33.7 Å². The zero-order valence-corrected chi connectivity index (χ0v) is 42.9. The van der Waals surface area contributed by atoms with Crippen molar-refractivity contribution in [1.29, 1.82) is 0 Å². The van der Waals surface area contributed by atoms with Crippen LogP contribution in [-0.4, -0.2) is 97.9 Å². The molecule has 19 nitrogen and oxygen atoms in total. The van der Waals surface area contributed by atoms with E-state index in [-0.39, 0.29) is 18.7 Å². The van der Waals surface area contributed by atoms with E-state index < -0.39 is 83.7 Å². The van der Waals surface area contributed by atoms with Crippen LogP contribution in [0.5, 0.6) is 0 Å². The molecule has 0 aliphatic carbocycles. The Morgan fingerprint density at radius 1 is 0.710 bits per heavy atom. The summed E-state index contributed by atoms with van der Waals surface area (Å²) in [6, 6.07) is 1.25. The number of aliphatic hydroxyl groups is 2. The number of allylic oxidation sites excluding steroid dienone is 3. The van der Waals surface area contributed by atoms with Crippen LogP contribution in [0.3, 0.4) is 0 Å². The van der Waals surface area contributed by atoms with Gasteiger partial charge in [-0.05, 0) is 70.3 Å². The van der Waals surface area contributed by atoms with Crippen molar-refractivity contribution >= 4 is 33.4 Å². The van der Waals surface area contributed by atoms with Crippen LogP contribution in [0.15, 0.2) is 41.4 Å². The highest BCUT2D eigenvalue weighted by molar-refractivity contribution is 7.61. The largest absolute Gasteiger partial charge is 0.481 e. The molecule has 3 heterocycles. The van der Waals surface area contributed by atoms with Gasteiger partial charge in [0.2, 0.25) is 0 Å². The first-order valence-electron chi connectivity index (χ1n) is 25.5. The lowest BCUT2D eigenvalue weighted by atomic mass is 10.1. The molecule has 0 amide bonds. The van der Waals surface area contributed by atoms with Crippen LogP contribution in [0.25, 0.3) is 0 Å². The zero-order chi connectivity index (χ0) is 50.3. The lowest BCUT2D eigenvalue weighted by Crippen LogP contribution is -2.36. The molecular formula is C48H83N3O16P2. The predicted octanol–water partition coefficient (Wildman–Crippen LogP) is 9.21. The fourth-order valence-electron chi connectivity index (χ4n) is 7.84. The SMILES string of the molecule is CCCCCC/C=C\CCCCCCCCCC(=O)O[C@H](COC(=O)CCCCCCC/C=C\CC1OC1CCCCC)COP(=O)(O)OP(=O)(O)OC[C@H]1O[C@@H](n2ccc(N)nc2=O)[C@H](O)[C@@H]1O. The van der Waals surface area contributed by atoms with Crippen LogP contribution < -0.4 is 11.4 Å². The molecule has 396 valence electrons. The minimum atomic E-state index is -5.43. The molecule has 21 heteroatoms. The number of unbranched alkanes of at least 4 members (excludes halogenated alkanes) is 18. The summed E-state index contributed by atoms with van der Waals surface area (Å²) in [6.45, 7) is 2.10.